The minimum absolute atomic E-state index is 0.147. The molecule has 1 aliphatic heterocycles. The van der Waals surface area contributed by atoms with Crippen molar-refractivity contribution in [2.24, 2.45) is 0 Å². The van der Waals surface area contributed by atoms with Gasteiger partial charge in [0.05, 0.1) is 30.9 Å². The highest BCUT2D eigenvalue weighted by Gasteiger charge is 2.35. The summed E-state index contributed by atoms with van der Waals surface area (Å²) in [5, 5.41) is 0. The van der Waals surface area contributed by atoms with E-state index in [2.05, 4.69) is 62.5 Å². The first-order valence-corrected chi connectivity index (χ1v) is 24.7. The number of phosphoric acid groups is 1. The van der Waals surface area contributed by atoms with Gasteiger partial charge in [-0.05, 0) is 89.2 Å². The first-order chi connectivity index (χ1) is 29.7. The normalized spacial score (nSPS) is 14.5. The highest BCUT2D eigenvalue weighted by molar-refractivity contribution is 7.47. The Morgan fingerprint density at radius 2 is 1.05 bits per heavy atom. The molecule has 1 aromatic carbocycles. The van der Waals surface area contributed by atoms with Crippen LogP contribution in [0.4, 0.5) is 0 Å². The summed E-state index contributed by atoms with van der Waals surface area (Å²) < 4.78 is 33.9. The number of benzene rings is 1. The average Bonchev–Trinajstić information content (AvgIpc) is 3.49. The average molecular weight is 870 g/mol. The van der Waals surface area contributed by atoms with E-state index < -0.39 is 50.9 Å². The van der Waals surface area contributed by atoms with Gasteiger partial charge >= 0.3 is 19.8 Å². The largest absolute Gasteiger partial charge is 0.472 e. The van der Waals surface area contributed by atoms with Crippen LogP contribution in [0.1, 0.15) is 189 Å². The van der Waals surface area contributed by atoms with Crippen LogP contribution in [0.15, 0.2) is 72.9 Å². The van der Waals surface area contributed by atoms with Gasteiger partial charge in [0.1, 0.15) is 6.61 Å². The first kappa shape index (κ1) is 53.5. The molecule has 0 aromatic heterocycles. The molecular weight excluding hydrogens is 794 g/mol. The molecular formula is C49H76NO10P. The summed E-state index contributed by atoms with van der Waals surface area (Å²) >= 11 is 0. The molecule has 0 bridgehead atoms. The van der Waals surface area contributed by atoms with Crippen molar-refractivity contribution in [3.8, 4) is 0 Å². The van der Waals surface area contributed by atoms with Gasteiger partial charge < -0.3 is 14.4 Å². The van der Waals surface area contributed by atoms with E-state index >= 15 is 0 Å². The number of carbonyl (C=O) groups is 4. The number of hydrogen-bond acceptors (Lipinski definition) is 9. The summed E-state index contributed by atoms with van der Waals surface area (Å²) in [4.78, 5) is 61.9. The molecule has 61 heavy (non-hydrogen) atoms. The van der Waals surface area contributed by atoms with Gasteiger partial charge in [0.15, 0.2) is 6.10 Å². The number of allylic oxidation sites excluding steroid dienone is 8. The fourth-order valence-electron chi connectivity index (χ4n) is 6.68. The molecule has 2 atom stereocenters. The van der Waals surface area contributed by atoms with E-state index in [1.54, 1.807) is 12.1 Å². The molecule has 0 fully saturated rings. The number of ether oxygens (including phenoxy) is 2. The van der Waals surface area contributed by atoms with Crippen molar-refractivity contribution in [2.75, 3.05) is 26.4 Å². The van der Waals surface area contributed by atoms with Crippen LogP contribution in [0.3, 0.4) is 0 Å². The summed E-state index contributed by atoms with van der Waals surface area (Å²) in [7, 11) is -4.70. The molecule has 2 rings (SSSR count). The molecule has 342 valence electrons. The van der Waals surface area contributed by atoms with Crippen molar-refractivity contribution >= 4 is 31.6 Å². The van der Waals surface area contributed by atoms with Gasteiger partial charge in [-0.3, -0.25) is 33.1 Å². The Morgan fingerprint density at radius 3 is 1.54 bits per heavy atom. The Kier molecular flexibility index (Phi) is 30.6. The minimum atomic E-state index is -4.70. The summed E-state index contributed by atoms with van der Waals surface area (Å²) in [6.45, 7) is 2.79. The minimum Gasteiger partial charge on any atom is -0.462 e. The zero-order valence-corrected chi connectivity index (χ0v) is 38.2. The number of hydrogen-bond donors (Lipinski definition) is 1. The van der Waals surface area contributed by atoms with Gasteiger partial charge in [-0.25, -0.2) is 4.57 Å². The molecule has 0 spiro atoms. The molecule has 2 amide bonds. The number of fused-ring (bicyclic) bond motifs is 1. The summed E-state index contributed by atoms with van der Waals surface area (Å²) in [6.07, 6.45) is 40.4. The summed E-state index contributed by atoms with van der Waals surface area (Å²) in [5.41, 5.74) is 0.510. The summed E-state index contributed by atoms with van der Waals surface area (Å²) in [6, 6.07) is 6.37. The van der Waals surface area contributed by atoms with Gasteiger partial charge in [-0.1, -0.05) is 139 Å². The maximum Gasteiger partial charge on any atom is 0.472 e. The lowest BCUT2D eigenvalue weighted by molar-refractivity contribution is -0.161. The second kappa shape index (κ2) is 34.9. The first-order valence-electron chi connectivity index (χ1n) is 23.2. The maximum absolute atomic E-state index is 12.8. The molecule has 0 saturated carbocycles. The quantitative estimate of drug-likeness (QED) is 0.0224. The highest BCUT2D eigenvalue weighted by Crippen LogP contribution is 2.43. The van der Waals surface area contributed by atoms with E-state index in [-0.39, 0.29) is 37.1 Å². The lowest BCUT2D eigenvalue weighted by Gasteiger charge is -2.20. The van der Waals surface area contributed by atoms with Crippen LogP contribution >= 0.6 is 7.82 Å². The van der Waals surface area contributed by atoms with Crippen molar-refractivity contribution in [1.29, 1.82) is 0 Å². The predicted octanol–water partition coefficient (Wildman–Crippen LogP) is 12.5. The van der Waals surface area contributed by atoms with Crippen molar-refractivity contribution in [1.82, 2.24) is 4.90 Å². The third kappa shape index (κ3) is 26.5. The van der Waals surface area contributed by atoms with Gasteiger partial charge in [-0.2, -0.15) is 0 Å². The van der Waals surface area contributed by atoms with E-state index in [1.807, 2.05) is 0 Å². The fraction of sp³-hybridized carbons (Fsp3) is 0.633. The Bertz CT molecular complexity index is 1520. The number of rotatable bonds is 38. The lowest BCUT2D eigenvalue weighted by atomic mass is 10.1. The monoisotopic (exact) mass is 870 g/mol. The zero-order chi connectivity index (χ0) is 44.2. The summed E-state index contributed by atoms with van der Waals surface area (Å²) in [5.74, 6) is -2.01. The molecule has 12 heteroatoms. The van der Waals surface area contributed by atoms with Gasteiger partial charge in [0.25, 0.3) is 11.8 Å². The van der Waals surface area contributed by atoms with Crippen LogP contribution in [-0.2, 0) is 32.7 Å². The molecule has 1 aromatic rings. The number of carbonyl (C=O) groups excluding carboxylic acids is 4. The van der Waals surface area contributed by atoms with Crippen LogP contribution < -0.4 is 0 Å². The Labute approximate surface area is 367 Å². The predicted molar refractivity (Wildman–Crippen MR) is 243 cm³/mol. The van der Waals surface area contributed by atoms with Crippen LogP contribution in [0.2, 0.25) is 0 Å². The van der Waals surface area contributed by atoms with E-state index in [1.165, 1.54) is 50.7 Å². The molecule has 0 radical (unpaired) electrons. The smallest absolute Gasteiger partial charge is 0.462 e. The van der Waals surface area contributed by atoms with E-state index in [9.17, 15) is 28.6 Å². The lowest BCUT2D eigenvalue weighted by Crippen LogP contribution is -2.33. The second-order valence-electron chi connectivity index (χ2n) is 15.7. The van der Waals surface area contributed by atoms with Crippen molar-refractivity contribution in [3.05, 3.63) is 84.0 Å². The van der Waals surface area contributed by atoms with Crippen molar-refractivity contribution in [3.63, 3.8) is 0 Å². The molecule has 1 heterocycles. The fourth-order valence-corrected chi connectivity index (χ4v) is 7.43. The Hall–Kier alpha value is -3.63. The van der Waals surface area contributed by atoms with Gasteiger partial charge in [-0.15, -0.1) is 0 Å². The number of nitrogens with zero attached hydrogens (tertiary/aromatic N) is 1. The van der Waals surface area contributed by atoms with Crippen LogP contribution in [-0.4, -0.2) is 66.0 Å². The number of unbranched alkanes of at least 4 members (excludes halogenated alkanes) is 16. The van der Waals surface area contributed by atoms with Gasteiger partial charge in [0.2, 0.25) is 0 Å². The van der Waals surface area contributed by atoms with Crippen LogP contribution in [0.25, 0.3) is 0 Å². The highest BCUT2D eigenvalue weighted by atomic mass is 31.2. The molecule has 1 aliphatic rings. The standard InChI is InChI=1S/C49H76NO10P/c1-3-5-7-9-11-13-15-17-19-21-23-25-27-29-31-37-46(51)57-41-43(60-47(52)38-32-30-28-26-24-22-20-18-16-14-12-10-8-6-4-2)42-59-61(55,56)58-40-39-50-48(53)44-35-33-34-36-45(44)49(50)54/h11-14,17-20,33-36,43H,3-10,15-16,21-32,37-42H2,1-2H3,(H,55,56)/b13-11-,14-12-,19-17-,20-18-/t43-/m1/s1. The topological polar surface area (TPSA) is 146 Å². The van der Waals surface area contributed by atoms with Crippen molar-refractivity contribution in [2.45, 2.75) is 174 Å². The molecule has 0 aliphatic carbocycles. The molecule has 1 N–H and O–H groups in total. The third-order valence-corrected chi connectivity index (χ3v) is 11.2. The Balaban J connectivity index is 1.72. The third-order valence-electron chi connectivity index (χ3n) is 10.3. The second-order valence-corrected chi connectivity index (χ2v) is 17.1. The van der Waals surface area contributed by atoms with Crippen LogP contribution in [0.5, 0.6) is 0 Å². The molecule has 11 nitrogen and oxygen atoms in total. The van der Waals surface area contributed by atoms with Gasteiger partial charge in [0, 0.05) is 12.8 Å². The number of esters is 2. The molecule has 1 unspecified atom stereocenters. The Morgan fingerprint density at radius 1 is 0.607 bits per heavy atom. The number of amides is 2. The molecule has 0 saturated heterocycles. The maximum atomic E-state index is 12.8. The van der Waals surface area contributed by atoms with Crippen molar-refractivity contribution < 1.29 is 47.2 Å². The van der Waals surface area contributed by atoms with Crippen LogP contribution in [0, 0.1) is 0 Å². The zero-order valence-electron chi connectivity index (χ0n) is 37.3. The SMILES string of the molecule is CCCCC/C=C\C/C=C\CCCCCCCC(=O)OC[C@H](COP(=O)(O)OCCN1C(=O)c2ccccc2C1=O)OC(=O)CCCCCCC/C=C\C/C=C\CCCCC. The van der Waals surface area contributed by atoms with E-state index in [4.69, 9.17) is 18.5 Å². The van der Waals surface area contributed by atoms with E-state index in [0.29, 0.717) is 12.8 Å². The number of phosphoric ester groups is 1. The van der Waals surface area contributed by atoms with E-state index in [0.717, 1.165) is 94.8 Å². The number of imide groups is 1.